The minimum atomic E-state index is -0.186. The van der Waals surface area contributed by atoms with Gasteiger partial charge in [0.15, 0.2) is 11.5 Å². The average molecular weight is 323 g/mol. The van der Waals surface area contributed by atoms with Gasteiger partial charge in [0.05, 0.1) is 21.0 Å². The van der Waals surface area contributed by atoms with Crippen molar-refractivity contribution in [2.45, 2.75) is 23.6 Å². The number of aromatic nitrogens is 1. The molecule has 2 heterocycles. The summed E-state index contributed by atoms with van der Waals surface area (Å²) in [6.07, 6.45) is 0. The van der Waals surface area contributed by atoms with Gasteiger partial charge in [-0.15, -0.1) is 0 Å². The van der Waals surface area contributed by atoms with E-state index in [2.05, 4.69) is 0 Å². The predicted molar refractivity (Wildman–Crippen MR) is 88.9 cm³/mol. The standard InChI is InChI=1S/C18H13NO3S/c1-10(20)14-9-12-13(19(14)11(2)21)7-8-17-18(12)22-15-5-3-4-6-16(15)23-17/h3-9H,1-2H3. The quantitative estimate of drug-likeness (QED) is 0.474. The average Bonchev–Trinajstić information content (AvgIpc) is 2.93. The van der Waals surface area contributed by atoms with Gasteiger partial charge in [0, 0.05) is 19.2 Å². The molecule has 0 unspecified atom stereocenters. The van der Waals surface area contributed by atoms with E-state index in [4.69, 9.17) is 4.74 Å². The maximum Gasteiger partial charge on any atom is 0.228 e. The molecule has 0 bridgehead atoms. The number of para-hydroxylation sites is 1. The van der Waals surface area contributed by atoms with E-state index in [0.717, 1.165) is 20.9 Å². The molecule has 0 N–H and O–H groups in total. The van der Waals surface area contributed by atoms with Crippen LogP contribution in [0, 0.1) is 0 Å². The predicted octanol–water partition coefficient (Wildman–Crippen LogP) is 4.76. The second-order valence-electron chi connectivity index (χ2n) is 5.42. The van der Waals surface area contributed by atoms with Crippen molar-refractivity contribution in [2.75, 3.05) is 0 Å². The van der Waals surface area contributed by atoms with Gasteiger partial charge in [0.1, 0.15) is 5.75 Å². The van der Waals surface area contributed by atoms with Crippen molar-refractivity contribution in [3.63, 3.8) is 0 Å². The molecular formula is C18H13NO3S. The molecule has 1 aliphatic rings. The second-order valence-corrected chi connectivity index (χ2v) is 6.50. The van der Waals surface area contributed by atoms with Crippen molar-refractivity contribution in [3.8, 4) is 11.5 Å². The van der Waals surface area contributed by atoms with E-state index in [9.17, 15) is 9.59 Å². The summed E-state index contributed by atoms with van der Waals surface area (Å²) < 4.78 is 7.51. The highest BCUT2D eigenvalue weighted by Crippen LogP contribution is 2.50. The number of rotatable bonds is 1. The molecule has 1 aliphatic heterocycles. The minimum Gasteiger partial charge on any atom is -0.454 e. The Kier molecular flexibility index (Phi) is 3.06. The molecule has 0 radical (unpaired) electrons. The molecule has 0 saturated carbocycles. The third-order valence-corrected chi connectivity index (χ3v) is 4.96. The first-order chi connectivity index (χ1) is 11.1. The lowest BCUT2D eigenvalue weighted by atomic mass is 10.2. The summed E-state index contributed by atoms with van der Waals surface area (Å²) in [5.41, 5.74) is 1.08. The maximum atomic E-state index is 12.0. The Morgan fingerprint density at radius 1 is 1.04 bits per heavy atom. The molecule has 114 valence electrons. The van der Waals surface area contributed by atoms with E-state index in [1.165, 1.54) is 18.4 Å². The lowest BCUT2D eigenvalue weighted by Crippen LogP contribution is -2.12. The smallest absolute Gasteiger partial charge is 0.228 e. The number of ketones is 1. The number of Topliss-reactive ketones (excluding diaryl/α,β-unsaturated/α-hetero) is 1. The summed E-state index contributed by atoms with van der Waals surface area (Å²) in [5.74, 6) is 1.16. The van der Waals surface area contributed by atoms with E-state index in [1.807, 2.05) is 36.4 Å². The van der Waals surface area contributed by atoms with Crippen molar-refractivity contribution in [1.82, 2.24) is 4.57 Å². The monoisotopic (exact) mass is 323 g/mol. The number of fused-ring (bicyclic) bond motifs is 4. The molecule has 2 aromatic carbocycles. The molecule has 0 saturated heterocycles. The molecule has 4 nitrogen and oxygen atoms in total. The van der Waals surface area contributed by atoms with Gasteiger partial charge in [-0.25, -0.2) is 0 Å². The fourth-order valence-corrected chi connectivity index (χ4v) is 3.84. The molecular weight excluding hydrogens is 310 g/mol. The zero-order valence-electron chi connectivity index (χ0n) is 12.6. The fraction of sp³-hybridized carbons (Fsp3) is 0.111. The number of ether oxygens (including phenoxy) is 1. The largest absolute Gasteiger partial charge is 0.454 e. The van der Waals surface area contributed by atoms with E-state index < -0.39 is 0 Å². The van der Waals surface area contributed by atoms with Crippen molar-refractivity contribution in [3.05, 3.63) is 48.2 Å². The Morgan fingerprint density at radius 3 is 2.57 bits per heavy atom. The SMILES string of the molecule is CC(=O)c1cc2c3c(ccc2n1C(C)=O)Sc1ccccc1O3. The number of benzene rings is 2. The Hall–Kier alpha value is -2.53. The lowest BCUT2D eigenvalue weighted by molar-refractivity contribution is 0.0913. The van der Waals surface area contributed by atoms with Gasteiger partial charge in [-0.3, -0.25) is 14.2 Å². The molecule has 23 heavy (non-hydrogen) atoms. The van der Waals surface area contributed by atoms with Crippen LogP contribution in [0.2, 0.25) is 0 Å². The number of carbonyl (C=O) groups excluding carboxylic acids is 2. The van der Waals surface area contributed by atoms with Crippen molar-refractivity contribution < 1.29 is 14.3 Å². The number of hydrogen-bond acceptors (Lipinski definition) is 4. The zero-order valence-corrected chi connectivity index (χ0v) is 13.4. The van der Waals surface area contributed by atoms with Crippen LogP contribution in [0.1, 0.15) is 29.1 Å². The second kappa shape index (κ2) is 4.99. The lowest BCUT2D eigenvalue weighted by Gasteiger charge is -2.20. The molecule has 0 atom stereocenters. The Bertz CT molecular complexity index is 987. The van der Waals surface area contributed by atoms with Crippen LogP contribution in [0.25, 0.3) is 10.9 Å². The van der Waals surface area contributed by atoms with E-state index in [0.29, 0.717) is 17.0 Å². The van der Waals surface area contributed by atoms with Crippen LogP contribution in [0.3, 0.4) is 0 Å². The Balaban J connectivity index is 1.99. The van der Waals surface area contributed by atoms with E-state index in [1.54, 1.807) is 17.8 Å². The van der Waals surface area contributed by atoms with Crippen molar-refractivity contribution >= 4 is 34.4 Å². The number of nitrogens with zero attached hydrogens (tertiary/aromatic N) is 1. The number of hydrogen-bond donors (Lipinski definition) is 0. The van der Waals surface area contributed by atoms with Gasteiger partial charge in [-0.1, -0.05) is 23.9 Å². The summed E-state index contributed by atoms with van der Waals surface area (Å²) >= 11 is 1.63. The van der Waals surface area contributed by atoms with E-state index >= 15 is 0 Å². The molecule has 0 spiro atoms. The summed E-state index contributed by atoms with van der Waals surface area (Å²) in [5, 5.41) is 0.782. The molecule has 0 fully saturated rings. The highest BCUT2D eigenvalue weighted by molar-refractivity contribution is 7.99. The van der Waals surface area contributed by atoms with Gasteiger partial charge in [0.25, 0.3) is 0 Å². The zero-order chi connectivity index (χ0) is 16.1. The van der Waals surface area contributed by atoms with Gasteiger partial charge in [-0.05, 0) is 30.3 Å². The number of carbonyl (C=O) groups is 2. The topological polar surface area (TPSA) is 48.3 Å². The van der Waals surface area contributed by atoms with Gasteiger partial charge in [-0.2, -0.15) is 0 Å². The molecule has 1 aromatic heterocycles. The minimum absolute atomic E-state index is 0.144. The van der Waals surface area contributed by atoms with Crippen LogP contribution in [0.15, 0.2) is 52.3 Å². The van der Waals surface area contributed by atoms with Crippen LogP contribution in [0.5, 0.6) is 11.5 Å². The van der Waals surface area contributed by atoms with Crippen LogP contribution in [-0.2, 0) is 0 Å². The summed E-state index contributed by atoms with van der Waals surface area (Å²) in [7, 11) is 0. The maximum absolute atomic E-state index is 12.0. The summed E-state index contributed by atoms with van der Waals surface area (Å²) in [6.45, 7) is 2.92. The summed E-state index contributed by atoms with van der Waals surface area (Å²) in [6, 6.07) is 13.4. The first-order valence-corrected chi connectivity index (χ1v) is 8.03. The van der Waals surface area contributed by atoms with Crippen LogP contribution in [-0.4, -0.2) is 16.3 Å². The normalized spacial score (nSPS) is 12.4. The molecule has 0 aliphatic carbocycles. The highest BCUT2D eigenvalue weighted by atomic mass is 32.2. The molecule has 4 rings (SSSR count). The van der Waals surface area contributed by atoms with Gasteiger partial charge < -0.3 is 4.74 Å². The first kappa shape index (κ1) is 14.1. The van der Waals surface area contributed by atoms with Gasteiger partial charge >= 0.3 is 0 Å². The first-order valence-electron chi connectivity index (χ1n) is 7.21. The molecule has 3 aromatic rings. The molecule has 0 amide bonds. The third kappa shape index (κ3) is 2.08. The van der Waals surface area contributed by atoms with Crippen molar-refractivity contribution in [1.29, 1.82) is 0 Å². The van der Waals surface area contributed by atoms with Gasteiger partial charge in [0.2, 0.25) is 5.91 Å². The van der Waals surface area contributed by atoms with E-state index in [-0.39, 0.29) is 11.7 Å². The van der Waals surface area contributed by atoms with Crippen LogP contribution >= 0.6 is 11.8 Å². The van der Waals surface area contributed by atoms with Crippen molar-refractivity contribution in [2.24, 2.45) is 0 Å². The Labute approximate surface area is 137 Å². The third-order valence-electron chi connectivity index (χ3n) is 3.86. The molecule has 5 heteroatoms. The van der Waals surface area contributed by atoms with Crippen LogP contribution < -0.4 is 4.74 Å². The Morgan fingerprint density at radius 2 is 1.83 bits per heavy atom. The highest BCUT2D eigenvalue weighted by Gasteiger charge is 2.24. The summed E-state index contributed by atoms with van der Waals surface area (Å²) in [4.78, 5) is 25.9. The fourth-order valence-electron chi connectivity index (χ4n) is 2.87. The van der Waals surface area contributed by atoms with Crippen LogP contribution in [0.4, 0.5) is 0 Å².